The molecule has 1 aromatic carbocycles. The maximum atomic E-state index is 11.8. The van der Waals surface area contributed by atoms with Crippen LogP contribution in [0.4, 0.5) is 10.5 Å². The number of benzene rings is 1. The second-order valence-electron chi connectivity index (χ2n) is 7.15. The molecule has 1 saturated carbocycles. The van der Waals surface area contributed by atoms with Crippen molar-refractivity contribution in [2.24, 2.45) is 0 Å². The van der Waals surface area contributed by atoms with Crippen LogP contribution in [0, 0.1) is 0 Å². The van der Waals surface area contributed by atoms with Crippen LogP contribution in [0.2, 0.25) is 5.02 Å². The zero-order valence-electron chi connectivity index (χ0n) is 14.1. The lowest BCUT2D eigenvalue weighted by molar-refractivity contribution is 0.0475. The highest BCUT2D eigenvalue weighted by Crippen LogP contribution is 2.31. The van der Waals surface area contributed by atoms with Crippen molar-refractivity contribution in [3.05, 3.63) is 35.5 Å². The summed E-state index contributed by atoms with van der Waals surface area (Å²) < 4.78 is 5.28. The number of aromatic nitrogens is 1. The molecule has 1 amide bonds. The standard InChI is InChI=1S/C18H22ClN3O2/c1-18(2,3)24-17(23)22-12-9-11(10-12)21-15-7-6-14(19)16-13(15)5-4-8-20-16/h4-8,11-12,21H,9-10H2,1-3H3,(H,22,23). The third kappa shape index (κ3) is 3.90. The summed E-state index contributed by atoms with van der Waals surface area (Å²) in [6, 6.07) is 8.20. The fraction of sp³-hybridized carbons (Fsp3) is 0.444. The van der Waals surface area contributed by atoms with E-state index in [0.717, 1.165) is 29.4 Å². The van der Waals surface area contributed by atoms with Gasteiger partial charge in [-0.1, -0.05) is 11.6 Å². The highest BCUT2D eigenvalue weighted by molar-refractivity contribution is 6.35. The monoisotopic (exact) mass is 347 g/mol. The first-order valence-electron chi connectivity index (χ1n) is 8.11. The van der Waals surface area contributed by atoms with Crippen LogP contribution in [-0.4, -0.2) is 28.8 Å². The Kier molecular flexibility index (Phi) is 4.54. The van der Waals surface area contributed by atoms with Crippen molar-refractivity contribution in [1.82, 2.24) is 10.3 Å². The van der Waals surface area contributed by atoms with Crippen LogP contribution in [0.3, 0.4) is 0 Å². The van der Waals surface area contributed by atoms with Gasteiger partial charge >= 0.3 is 6.09 Å². The highest BCUT2D eigenvalue weighted by atomic mass is 35.5. The molecule has 6 heteroatoms. The van der Waals surface area contributed by atoms with Crippen molar-refractivity contribution in [2.45, 2.75) is 51.3 Å². The zero-order chi connectivity index (χ0) is 17.3. The Labute approximate surface area is 146 Å². The second kappa shape index (κ2) is 6.48. The van der Waals surface area contributed by atoms with E-state index in [1.807, 2.05) is 45.0 Å². The minimum absolute atomic E-state index is 0.147. The molecular formula is C18H22ClN3O2. The van der Waals surface area contributed by atoms with E-state index in [1.165, 1.54) is 0 Å². The smallest absolute Gasteiger partial charge is 0.407 e. The van der Waals surface area contributed by atoms with E-state index in [4.69, 9.17) is 16.3 Å². The van der Waals surface area contributed by atoms with Gasteiger partial charge in [0.05, 0.1) is 10.5 Å². The van der Waals surface area contributed by atoms with Crippen LogP contribution in [0.1, 0.15) is 33.6 Å². The Morgan fingerprint density at radius 3 is 2.71 bits per heavy atom. The average Bonchev–Trinajstić information content (AvgIpc) is 2.46. The van der Waals surface area contributed by atoms with Gasteiger partial charge in [-0.3, -0.25) is 4.98 Å². The van der Waals surface area contributed by atoms with E-state index in [1.54, 1.807) is 6.20 Å². The largest absolute Gasteiger partial charge is 0.444 e. The van der Waals surface area contributed by atoms with Gasteiger partial charge in [-0.05, 0) is 57.9 Å². The summed E-state index contributed by atoms with van der Waals surface area (Å²) in [6.07, 6.45) is 3.11. The predicted molar refractivity (Wildman–Crippen MR) is 96.6 cm³/mol. The summed E-state index contributed by atoms with van der Waals surface area (Å²) in [4.78, 5) is 16.1. The predicted octanol–water partition coefficient (Wildman–Crippen LogP) is 4.36. The van der Waals surface area contributed by atoms with Crippen molar-refractivity contribution in [1.29, 1.82) is 0 Å². The van der Waals surface area contributed by atoms with Crippen LogP contribution < -0.4 is 10.6 Å². The van der Waals surface area contributed by atoms with Gasteiger partial charge < -0.3 is 15.4 Å². The number of fused-ring (bicyclic) bond motifs is 1. The molecule has 3 rings (SSSR count). The third-order valence-corrected chi connectivity index (χ3v) is 4.24. The Balaban J connectivity index is 1.57. The lowest BCUT2D eigenvalue weighted by Gasteiger charge is -2.37. The van der Waals surface area contributed by atoms with E-state index in [2.05, 4.69) is 15.6 Å². The maximum Gasteiger partial charge on any atom is 0.407 e. The first-order chi connectivity index (χ1) is 11.3. The number of anilines is 1. The molecule has 128 valence electrons. The summed E-state index contributed by atoms with van der Waals surface area (Å²) in [5, 5.41) is 8.06. The van der Waals surface area contributed by atoms with Crippen molar-refractivity contribution in [3.8, 4) is 0 Å². The van der Waals surface area contributed by atoms with Gasteiger partial charge in [-0.2, -0.15) is 0 Å². The molecule has 0 radical (unpaired) electrons. The average molecular weight is 348 g/mol. The van der Waals surface area contributed by atoms with Crippen LogP contribution in [-0.2, 0) is 4.74 Å². The van der Waals surface area contributed by atoms with Gasteiger partial charge in [0.15, 0.2) is 0 Å². The van der Waals surface area contributed by atoms with E-state index in [-0.39, 0.29) is 12.1 Å². The van der Waals surface area contributed by atoms with Gasteiger partial charge in [0.1, 0.15) is 5.60 Å². The van der Waals surface area contributed by atoms with Crippen molar-refractivity contribution < 1.29 is 9.53 Å². The molecule has 0 bridgehead atoms. The van der Waals surface area contributed by atoms with Gasteiger partial charge in [0.2, 0.25) is 0 Å². The molecule has 24 heavy (non-hydrogen) atoms. The number of alkyl carbamates (subject to hydrolysis) is 1. The van der Waals surface area contributed by atoms with Crippen molar-refractivity contribution in [3.63, 3.8) is 0 Å². The highest BCUT2D eigenvalue weighted by Gasteiger charge is 2.31. The minimum Gasteiger partial charge on any atom is -0.444 e. The molecule has 5 nitrogen and oxygen atoms in total. The van der Waals surface area contributed by atoms with Gasteiger partial charge in [-0.25, -0.2) is 4.79 Å². The Hall–Kier alpha value is -2.01. The third-order valence-electron chi connectivity index (χ3n) is 3.94. The van der Waals surface area contributed by atoms with Gasteiger partial charge in [0, 0.05) is 29.4 Å². The number of ether oxygens (including phenoxy) is 1. The normalized spacial score (nSPS) is 20.3. The maximum absolute atomic E-state index is 11.8. The topological polar surface area (TPSA) is 63.2 Å². The number of nitrogens with one attached hydrogen (secondary N) is 2. The molecule has 0 aliphatic heterocycles. The molecule has 0 spiro atoms. The Morgan fingerprint density at radius 1 is 1.25 bits per heavy atom. The van der Waals surface area contributed by atoms with E-state index < -0.39 is 5.60 Å². The molecule has 1 fully saturated rings. The number of halogens is 1. The molecule has 0 atom stereocenters. The SMILES string of the molecule is CC(C)(C)OC(=O)NC1CC(Nc2ccc(Cl)c3ncccc23)C1. The Bertz CT molecular complexity index is 752. The van der Waals surface area contributed by atoms with E-state index in [9.17, 15) is 4.79 Å². The number of rotatable bonds is 3. The second-order valence-corrected chi connectivity index (χ2v) is 7.56. The molecule has 1 aliphatic rings. The lowest BCUT2D eigenvalue weighted by atomic mass is 9.86. The van der Waals surface area contributed by atoms with Gasteiger partial charge in [-0.15, -0.1) is 0 Å². The van der Waals surface area contributed by atoms with Gasteiger partial charge in [0.25, 0.3) is 0 Å². The van der Waals surface area contributed by atoms with Crippen LogP contribution in [0.5, 0.6) is 0 Å². The fourth-order valence-corrected chi connectivity index (χ4v) is 3.03. The first kappa shape index (κ1) is 16.8. The molecule has 0 unspecified atom stereocenters. The summed E-state index contributed by atoms with van der Waals surface area (Å²) in [5.41, 5.74) is 1.34. The minimum atomic E-state index is -0.472. The Morgan fingerprint density at radius 2 is 2.00 bits per heavy atom. The van der Waals surface area contributed by atoms with Crippen molar-refractivity contribution in [2.75, 3.05) is 5.32 Å². The summed E-state index contributed by atoms with van der Waals surface area (Å²) >= 11 is 6.19. The first-order valence-corrected chi connectivity index (χ1v) is 8.49. The molecule has 1 aromatic heterocycles. The van der Waals surface area contributed by atoms with E-state index >= 15 is 0 Å². The molecule has 2 N–H and O–H groups in total. The van der Waals surface area contributed by atoms with Crippen LogP contribution in [0.15, 0.2) is 30.5 Å². The fourth-order valence-electron chi connectivity index (χ4n) is 2.81. The molecule has 1 heterocycles. The summed E-state index contributed by atoms with van der Waals surface area (Å²) in [5.74, 6) is 0. The molecular weight excluding hydrogens is 326 g/mol. The van der Waals surface area contributed by atoms with Crippen LogP contribution in [0.25, 0.3) is 10.9 Å². The van der Waals surface area contributed by atoms with Crippen molar-refractivity contribution >= 4 is 34.3 Å². The number of nitrogens with zero attached hydrogens (tertiary/aromatic N) is 1. The number of pyridine rings is 1. The molecule has 0 saturated heterocycles. The number of carbonyl (C=O) groups is 1. The summed E-state index contributed by atoms with van der Waals surface area (Å²) in [6.45, 7) is 5.58. The number of amides is 1. The molecule has 2 aromatic rings. The van der Waals surface area contributed by atoms with Crippen LogP contribution >= 0.6 is 11.6 Å². The summed E-state index contributed by atoms with van der Waals surface area (Å²) in [7, 11) is 0. The molecule has 1 aliphatic carbocycles. The zero-order valence-corrected chi connectivity index (χ0v) is 14.9. The van der Waals surface area contributed by atoms with E-state index in [0.29, 0.717) is 11.1 Å². The number of carbonyl (C=O) groups excluding carboxylic acids is 1. The lowest BCUT2D eigenvalue weighted by Crippen LogP contribution is -2.50. The number of hydrogen-bond acceptors (Lipinski definition) is 4. The quantitative estimate of drug-likeness (QED) is 0.866. The number of hydrogen-bond donors (Lipinski definition) is 2.